The summed E-state index contributed by atoms with van der Waals surface area (Å²) in [6, 6.07) is 8.94. The molecule has 1 unspecified atom stereocenters. The van der Waals surface area contributed by atoms with Crippen molar-refractivity contribution >= 4 is 16.6 Å². The average Bonchev–Trinajstić information content (AvgIpc) is 2.52. The van der Waals surface area contributed by atoms with Gasteiger partial charge in [-0.3, -0.25) is 0 Å². The van der Waals surface area contributed by atoms with E-state index >= 15 is 0 Å². The lowest BCUT2D eigenvalue weighted by Gasteiger charge is -2.34. The van der Waals surface area contributed by atoms with Gasteiger partial charge in [0.15, 0.2) is 5.82 Å². The van der Waals surface area contributed by atoms with E-state index in [9.17, 15) is 0 Å². The van der Waals surface area contributed by atoms with Crippen LogP contribution < -0.4 is 10.2 Å². The van der Waals surface area contributed by atoms with Crippen LogP contribution in [0.5, 0.6) is 0 Å². The standard InChI is InChI=1S/C17H24N4/c1-13(2)18-10-14-6-5-9-21(12-14)17-16-8-4-3-7-15(16)11-19-20-17/h3-4,7-8,11,13-14,18H,5-6,9-10,12H2,1-2H3. The summed E-state index contributed by atoms with van der Waals surface area (Å²) in [4.78, 5) is 2.41. The predicted octanol–water partition coefficient (Wildman–Crippen LogP) is 2.84. The van der Waals surface area contributed by atoms with Gasteiger partial charge in [0, 0.05) is 29.9 Å². The molecule has 1 atom stereocenters. The zero-order valence-corrected chi connectivity index (χ0v) is 12.9. The van der Waals surface area contributed by atoms with E-state index in [4.69, 9.17) is 0 Å². The lowest BCUT2D eigenvalue weighted by atomic mass is 9.97. The molecule has 2 heterocycles. The van der Waals surface area contributed by atoms with Gasteiger partial charge < -0.3 is 10.2 Å². The summed E-state index contributed by atoms with van der Waals surface area (Å²) in [5.74, 6) is 1.74. The number of hydrogen-bond donors (Lipinski definition) is 1. The Morgan fingerprint density at radius 2 is 2.19 bits per heavy atom. The number of nitrogens with zero attached hydrogens (tertiary/aromatic N) is 3. The SMILES string of the molecule is CC(C)NCC1CCCN(c2nncc3ccccc23)C1. The molecule has 0 radical (unpaired) electrons. The Kier molecular flexibility index (Phi) is 4.34. The maximum atomic E-state index is 4.42. The summed E-state index contributed by atoms with van der Waals surface area (Å²) in [6.45, 7) is 7.66. The maximum absolute atomic E-state index is 4.42. The second-order valence-corrected chi connectivity index (χ2v) is 6.27. The summed E-state index contributed by atoms with van der Waals surface area (Å²) in [7, 11) is 0. The fourth-order valence-corrected chi connectivity index (χ4v) is 3.07. The number of benzene rings is 1. The first-order valence-corrected chi connectivity index (χ1v) is 7.93. The van der Waals surface area contributed by atoms with Gasteiger partial charge in [-0.05, 0) is 25.3 Å². The highest BCUT2D eigenvalue weighted by molar-refractivity contribution is 5.91. The molecule has 1 fully saturated rings. The number of fused-ring (bicyclic) bond motifs is 1. The maximum Gasteiger partial charge on any atom is 0.159 e. The van der Waals surface area contributed by atoms with E-state index in [1.165, 1.54) is 23.6 Å². The molecule has 21 heavy (non-hydrogen) atoms. The molecule has 1 aliphatic rings. The smallest absolute Gasteiger partial charge is 0.159 e. The molecule has 2 aromatic rings. The van der Waals surface area contributed by atoms with Crippen LogP contribution in [0.4, 0.5) is 5.82 Å². The fourth-order valence-electron chi connectivity index (χ4n) is 3.07. The minimum atomic E-state index is 0.553. The molecule has 112 valence electrons. The van der Waals surface area contributed by atoms with Crippen molar-refractivity contribution in [2.75, 3.05) is 24.5 Å². The molecule has 0 saturated carbocycles. The van der Waals surface area contributed by atoms with Crippen molar-refractivity contribution < 1.29 is 0 Å². The highest BCUT2D eigenvalue weighted by Crippen LogP contribution is 2.27. The zero-order valence-electron chi connectivity index (χ0n) is 12.9. The van der Waals surface area contributed by atoms with Crippen molar-refractivity contribution in [3.05, 3.63) is 30.5 Å². The van der Waals surface area contributed by atoms with Crippen molar-refractivity contribution in [2.45, 2.75) is 32.7 Å². The van der Waals surface area contributed by atoms with E-state index in [1.54, 1.807) is 0 Å². The van der Waals surface area contributed by atoms with Gasteiger partial charge in [0.25, 0.3) is 0 Å². The van der Waals surface area contributed by atoms with Gasteiger partial charge in [0.1, 0.15) is 0 Å². The number of aromatic nitrogens is 2. The second kappa shape index (κ2) is 6.39. The Balaban J connectivity index is 1.78. The molecule has 4 nitrogen and oxygen atoms in total. The molecular formula is C17H24N4. The van der Waals surface area contributed by atoms with Crippen molar-refractivity contribution in [3.63, 3.8) is 0 Å². The van der Waals surface area contributed by atoms with Gasteiger partial charge in [-0.25, -0.2) is 0 Å². The Bertz CT molecular complexity index is 591. The quantitative estimate of drug-likeness (QED) is 0.937. The highest BCUT2D eigenvalue weighted by atomic mass is 15.3. The van der Waals surface area contributed by atoms with Gasteiger partial charge in [-0.15, -0.1) is 5.10 Å². The highest BCUT2D eigenvalue weighted by Gasteiger charge is 2.22. The van der Waals surface area contributed by atoms with Gasteiger partial charge in [-0.1, -0.05) is 38.1 Å². The monoisotopic (exact) mass is 284 g/mol. The topological polar surface area (TPSA) is 41.0 Å². The number of anilines is 1. The average molecular weight is 284 g/mol. The van der Waals surface area contributed by atoms with Crippen molar-refractivity contribution in [2.24, 2.45) is 5.92 Å². The first-order chi connectivity index (χ1) is 10.2. The summed E-state index contributed by atoms with van der Waals surface area (Å²) in [5.41, 5.74) is 0. The van der Waals surface area contributed by atoms with Crippen LogP contribution in [0.15, 0.2) is 30.5 Å². The normalized spacial score (nSPS) is 19.4. The van der Waals surface area contributed by atoms with Crippen LogP contribution in [-0.2, 0) is 0 Å². The van der Waals surface area contributed by atoms with Crippen molar-refractivity contribution in [1.82, 2.24) is 15.5 Å². The Morgan fingerprint density at radius 3 is 3.05 bits per heavy atom. The van der Waals surface area contributed by atoms with E-state index in [0.29, 0.717) is 12.0 Å². The Hall–Kier alpha value is -1.68. The lowest BCUT2D eigenvalue weighted by molar-refractivity contribution is 0.378. The minimum Gasteiger partial charge on any atom is -0.354 e. The van der Waals surface area contributed by atoms with Crippen LogP contribution in [-0.4, -0.2) is 35.9 Å². The summed E-state index contributed by atoms with van der Waals surface area (Å²) in [6.07, 6.45) is 4.38. The van der Waals surface area contributed by atoms with Crippen molar-refractivity contribution in [3.8, 4) is 0 Å². The molecule has 0 aliphatic carbocycles. The Morgan fingerprint density at radius 1 is 1.33 bits per heavy atom. The van der Waals surface area contributed by atoms with Crippen LogP contribution in [0.3, 0.4) is 0 Å². The van der Waals surface area contributed by atoms with Gasteiger partial charge in [0.05, 0.1) is 6.20 Å². The lowest BCUT2D eigenvalue weighted by Crippen LogP contribution is -2.41. The third kappa shape index (κ3) is 3.32. The molecule has 0 spiro atoms. The van der Waals surface area contributed by atoms with Gasteiger partial charge >= 0.3 is 0 Å². The van der Waals surface area contributed by atoms with E-state index in [1.807, 2.05) is 6.20 Å². The summed E-state index contributed by atoms with van der Waals surface area (Å²) in [5, 5.41) is 14.5. The fraction of sp³-hybridized carbons (Fsp3) is 0.529. The largest absolute Gasteiger partial charge is 0.354 e. The van der Waals surface area contributed by atoms with E-state index in [2.05, 4.69) is 58.5 Å². The predicted molar refractivity (Wildman–Crippen MR) is 87.6 cm³/mol. The number of nitrogens with one attached hydrogen (secondary N) is 1. The van der Waals surface area contributed by atoms with Gasteiger partial charge in [-0.2, -0.15) is 5.10 Å². The minimum absolute atomic E-state index is 0.553. The second-order valence-electron chi connectivity index (χ2n) is 6.27. The third-order valence-electron chi connectivity index (χ3n) is 4.18. The molecule has 4 heteroatoms. The molecule has 3 rings (SSSR count). The van der Waals surface area contributed by atoms with Crippen LogP contribution in [0.1, 0.15) is 26.7 Å². The summed E-state index contributed by atoms with van der Waals surface area (Å²) < 4.78 is 0. The van der Waals surface area contributed by atoms with Gasteiger partial charge in [0.2, 0.25) is 0 Å². The van der Waals surface area contributed by atoms with Crippen LogP contribution in [0, 0.1) is 5.92 Å². The number of piperidine rings is 1. The van der Waals surface area contributed by atoms with Crippen molar-refractivity contribution in [1.29, 1.82) is 0 Å². The molecule has 1 aromatic heterocycles. The van der Waals surface area contributed by atoms with Crippen LogP contribution >= 0.6 is 0 Å². The molecule has 1 saturated heterocycles. The number of rotatable bonds is 4. The third-order valence-corrected chi connectivity index (χ3v) is 4.18. The van der Waals surface area contributed by atoms with Crippen LogP contribution in [0.25, 0.3) is 10.8 Å². The number of hydrogen-bond acceptors (Lipinski definition) is 4. The van der Waals surface area contributed by atoms with Crippen LogP contribution in [0.2, 0.25) is 0 Å². The molecule has 0 bridgehead atoms. The zero-order chi connectivity index (χ0) is 14.7. The van der Waals surface area contributed by atoms with E-state index in [0.717, 1.165) is 25.5 Å². The molecule has 1 N–H and O–H groups in total. The molecule has 0 amide bonds. The van der Waals surface area contributed by atoms with E-state index in [-0.39, 0.29) is 0 Å². The molecule has 1 aliphatic heterocycles. The van der Waals surface area contributed by atoms with E-state index < -0.39 is 0 Å². The Labute approximate surface area is 126 Å². The first kappa shape index (κ1) is 14.3. The first-order valence-electron chi connectivity index (χ1n) is 7.93. The molecular weight excluding hydrogens is 260 g/mol. The molecule has 1 aromatic carbocycles. The summed E-state index contributed by atoms with van der Waals surface area (Å²) >= 11 is 0.